The summed E-state index contributed by atoms with van der Waals surface area (Å²) in [5.41, 5.74) is 1.58. The van der Waals surface area contributed by atoms with Crippen molar-refractivity contribution in [1.29, 1.82) is 0 Å². The smallest absolute Gasteiger partial charge is 0.314 e. The Balaban J connectivity index is 3.06. The van der Waals surface area contributed by atoms with Gasteiger partial charge in [-0.2, -0.15) is 0 Å². The summed E-state index contributed by atoms with van der Waals surface area (Å²) in [6.45, 7) is 1.87. The van der Waals surface area contributed by atoms with E-state index < -0.39 is 0 Å². The van der Waals surface area contributed by atoms with Crippen LogP contribution in [0.25, 0.3) is 5.52 Å². The van der Waals surface area contributed by atoms with Gasteiger partial charge in [-0.05, 0) is 13.0 Å². The Hall–Kier alpha value is -1.58. The average molecular weight is 149 g/mol. The van der Waals surface area contributed by atoms with Crippen molar-refractivity contribution < 1.29 is 0 Å². The monoisotopic (exact) mass is 149 g/mol. The van der Waals surface area contributed by atoms with Crippen molar-refractivity contribution in [2.45, 2.75) is 6.92 Å². The summed E-state index contributed by atoms with van der Waals surface area (Å²) in [6, 6.07) is 1.82. The maximum atomic E-state index is 11.1. The highest BCUT2D eigenvalue weighted by Gasteiger charge is 1.98. The largest absolute Gasteiger partial charge is 0.331 e. The summed E-state index contributed by atoms with van der Waals surface area (Å²) >= 11 is 0. The highest BCUT2D eigenvalue weighted by molar-refractivity contribution is 5.49. The number of aromatic amines is 1. The van der Waals surface area contributed by atoms with E-state index in [4.69, 9.17) is 0 Å². The van der Waals surface area contributed by atoms with Gasteiger partial charge in [0.1, 0.15) is 6.33 Å². The van der Waals surface area contributed by atoms with Crippen LogP contribution in [0.3, 0.4) is 0 Å². The van der Waals surface area contributed by atoms with Crippen LogP contribution < -0.4 is 5.69 Å². The van der Waals surface area contributed by atoms with Crippen molar-refractivity contribution in [2.24, 2.45) is 0 Å². The molecular formula is C7H7N3O. The number of rotatable bonds is 0. The van der Waals surface area contributed by atoms with E-state index in [0.717, 1.165) is 11.2 Å². The van der Waals surface area contributed by atoms with Gasteiger partial charge in [0.05, 0.1) is 11.2 Å². The number of nitrogens with one attached hydrogen (secondary N) is 1. The molecule has 1 N–H and O–H groups in total. The van der Waals surface area contributed by atoms with Crippen LogP contribution in [0.5, 0.6) is 0 Å². The van der Waals surface area contributed by atoms with Crippen LogP contribution in [0.15, 0.2) is 23.4 Å². The molecule has 0 saturated heterocycles. The first kappa shape index (κ1) is 6.15. The van der Waals surface area contributed by atoms with Crippen LogP contribution in [0.1, 0.15) is 5.69 Å². The van der Waals surface area contributed by atoms with Gasteiger partial charge in [-0.15, -0.1) is 0 Å². The van der Waals surface area contributed by atoms with Crippen molar-refractivity contribution in [3.8, 4) is 0 Å². The van der Waals surface area contributed by atoms with Gasteiger partial charge in [0, 0.05) is 6.20 Å². The molecule has 0 amide bonds. The van der Waals surface area contributed by atoms with E-state index in [1.54, 1.807) is 6.20 Å². The molecule has 0 atom stereocenters. The number of aromatic nitrogens is 3. The van der Waals surface area contributed by atoms with E-state index in [0.29, 0.717) is 0 Å². The van der Waals surface area contributed by atoms with Gasteiger partial charge in [-0.25, -0.2) is 9.78 Å². The molecule has 0 aliphatic rings. The van der Waals surface area contributed by atoms with Gasteiger partial charge in [0.15, 0.2) is 0 Å². The fourth-order valence-corrected chi connectivity index (χ4v) is 1.07. The molecule has 0 aliphatic carbocycles. The molecule has 2 aromatic heterocycles. The SMILES string of the molecule is Cc1ncn2c(=O)[nH]ccc12. The Morgan fingerprint density at radius 1 is 1.64 bits per heavy atom. The number of imidazole rings is 1. The molecule has 4 nitrogen and oxygen atoms in total. The Morgan fingerprint density at radius 2 is 2.45 bits per heavy atom. The van der Waals surface area contributed by atoms with Crippen LogP contribution in [-0.2, 0) is 0 Å². The lowest BCUT2D eigenvalue weighted by Crippen LogP contribution is -2.13. The van der Waals surface area contributed by atoms with Crippen LogP contribution in [0.2, 0.25) is 0 Å². The topological polar surface area (TPSA) is 50.2 Å². The zero-order valence-corrected chi connectivity index (χ0v) is 6.03. The minimum absolute atomic E-state index is 0.150. The minimum Gasteiger partial charge on any atom is -0.314 e. The van der Waals surface area contributed by atoms with E-state index in [1.807, 2.05) is 13.0 Å². The second-order valence-electron chi connectivity index (χ2n) is 2.37. The van der Waals surface area contributed by atoms with Crippen molar-refractivity contribution in [1.82, 2.24) is 14.4 Å². The molecule has 0 fully saturated rings. The molecular weight excluding hydrogens is 142 g/mol. The molecule has 2 rings (SSSR count). The fraction of sp³-hybridized carbons (Fsp3) is 0.143. The number of hydrogen-bond acceptors (Lipinski definition) is 2. The summed E-state index contributed by atoms with van der Waals surface area (Å²) < 4.78 is 1.48. The lowest BCUT2D eigenvalue weighted by molar-refractivity contribution is 0.995. The number of H-pyrrole nitrogens is 1. The third kappa shape index (κ3) is 0.756. The quantitative estimate of drug-likeness (QED) is 0.586. The molecule has 2 aromatic rings. The third-order valence-electron chi connectivity index (χ3n) is 1.66. The molecule has 4 heteroatoms. The first-order valence-electron chi connectivity index (χ1n) is 3.30. The Morgan fingerprint density at radius 3 is 3.18 bits per heavy atom. The lowest BCUT2D eigenvalue weighted by atomic mass is 10.4. The van der Waals surface area contributed by atoms with E-state index in [-0.39, 0.29) is 5.69 Å². The highest BCUT2D eigenvalue weighted by atomic mass is 16.1. The first-order chi connectivity index (χ1) is 5.29. The van der Waals surface area contributed by atoms with E-state index in [9.17, 15) is 4.79 Å². The maximum absolute atomic E-state index is 11.1. The fourth-order valence-electron chi connectivity index (χ4n) is 1.07. The Labute approximate surface area is 62.5 Å². The second-order valence-corrected chi connectivity index (χ2v) is 2.37. The zero-order chi connectivity index (χ0) is 7.84. The predicted molar refractivity (Wildman–Crippen MR) is 40.5 cm³/mol. The van der Waals surface area contributed by atoms with E-state index in [2.05, 4.69) is 9.97 Å². The lowest BCUT2D eigenvalue weighted by Gasteiger charge is -1.89. The molecule has 56 valence electrons. The van der Waals surface area contributed by atoms with Gasteiger partial charge in [-0.3, -0.25) is 4.40 Å². The number of fused-ring (bicyclic) bond motifs is 1. The second kappa shape index (κ2) is 1.95. The van der Waals surface area contributed by atoms with Gasteiger partial charge in [0.25, 0.3) is 0 Å². The van der Waals surface area contributed by atoms with Gasteiger partial charge >= 0.3 is 5.69 Å². The number of nitrogens with zero attached hydrogens (tertiary/aromatic N) is 2. The maximum Gasteiger partial charge on any atom is 0.331 e. The summed E-state index contributed by atoms with van der Waals surface area (Å²) in [4.78, 5) is 17.6. The summed E-state index contributed by atoms with van der Waals surface area (Å²) in [6.07, 6.45) is 3.13. The summed E-state index contributed by atoms with van der Waals surface area (Å²) in [5.74, 6) is 0. The molecule has 0 radical (unpaired) electrons. The molecule has 0 bridgehead atoms. The zero-order valence-electron chi connectivity index (χ0n) is 6.03. The van der Waals surface area contributed by atoms with Gasteiger partial charge in [-0.1, -0.05) is 0 Å². The molecule has 0 aliphatic heterocycles. The normalized spacial score (nSPS) is 10.6. The molecule has 0 saturated carbocycles. The van der Waals surface area contributed by atoms with Crippen LogP contribution in [0, 0.1) is 6.92 Å². The predicted octanol–water partition coefficient (Wildman–Crippen LogP) is 0.331. The third-order valence-corrected chi connectivity index (χ3v) is 1.66. The van der Waals surface area contributed by atoms with Crippen molar-refractivity contribution >= 4 is 5.52 Å². The van der Waals surface area contributed by atoms with Crippen LogP contribution >= 0.6 is 0 Å². The molecule has 11 heavy (non-hydrogen) atoms. The number of hydrogen-bond donors (Lipinski definition) is 1. The van der Waals surface area contributed by atoms with E-state index >= 15 is 0 Å². The van der Waals surface area contributed by atoms with Crippen molar-refractivity contribution in [2.75, 3.05) is 0 Å². The molecule has 0 aromatic carbocycles. The summed E-state index contributed by atoms with van der Waals surface area (Å²) in [5, 5.41) is 0. The molecule has 0 spiro atoms. The van der Waals surface area contributed by atoms with Gasteiger partial charge in [0.2, 0.25) is 0 Å². The average Bonchev–Trinajstić information content (AvgIpc) is 2.35. The van der Waals surface area contributed by atoms with Gasteiger partial charge < -0.3 is 4.98 Å². The van der Waals surface area contributed by atoms with Crippen LogP contribution in [0.4, 0.5) is 0 Å². The summed E-state index contributed by atoms with van der Waals surface area (Å²) in [7, 11) is 0. The van der Waals surface area contributed by atoms with Crippen molar-refractivity contribution in [3.63, 3.8) is 0 Å². The minimum atomic E-state index is -0.150. The van der Waals surface area contributed by atoms with Crippen molar-refractivity contribution in [3.05, 3.63) is 34.8 Å². The molecule has 0 unspecified atom stereocenters. The first-order valence-corrected chi connectivity index (χ1v) is 3.30. The highest BCUT2D eigenvalue weighted by Crippen LogP contribution is 2.02. The molecule has 2 heterocycles. The van der Waals surface area contributed by atoms with Crippen LogP contribution in [-0.4, -0.2) is 14.4 Å². The Kier molecular flexibility index (Phi) is 1.09. The Bertz CT molecular complexity index is 440. The van der Waals surface area contributed by atoms with E-state index in [1.165, 1.54) is 10.7 Å². The standard InChI is InChI=1S/C7H7N3O/c1-5-6-2-3-8-7(11)10(6)4-9-5/h2-4H,1H3,(H,8,11). The number of aryl methyl sites for hydroxylation is 1.